The van der Waals surface area contributed by atoms with E-state index in [4.69, 9.17) is 10.2 Å². The number of hydrogen-bond donors (Lipinski definition) is 2. The van der Waals surface area contributed by atoms with Crippen LogP contribution in [0, 0.1) is 0 Å². The van der Waals surface area contributed by atoms with Crippen molar-refractivity contribution in [3.63, 3.8) is 0 Å². The standard InChI is InChI=1S/C6H5NO4S/c8-4(9)1-3-2-12-5(7-3)6(10)11/h2H,1H2,(H,8,9)(H,10,11). The van der Waals surface area contributed by atoms with E-state index in [1.54, 1.807) is 0 Å². The molecule has 64 valence electrons. The number of aliphatic carboxylic acids is 1. The molecule has 0 saturated heterocycles. The molecule has 0 aliphatic heterocycles. The normalized spacial score (nSPS) is 9.67. The van der Waals surface area contributed by atoms with Crippen LogP contribution in [0.1, 0.15) is 15.5 Å². The van der Waals surface area contributed by atoms with E-state index >= 15 is 0 Å². The minimum atomic E-state index is -1.13. The number of carboxylic acid groups (broad SMARTS) is 2. The minimum absolute atomic E-state index is 0.0775. The molecule has 0 radical (unpaired) electrons. The van der Waals surface area contributed by atoms with Crippen LogP contribution < -0.4 is 0 Å². The van der Waals surface area contributed by atoms with Crippen molar-refractivity contribution in [2.45, 2.75) is 6.42 Å². The van der Waals surface area contributed by atoms with Crippen LogP contribution in [-0.2, 0) is 11.2 Å². The van der Waals surface area contributed by atoms with Gasteiger partial charge in [-0.25, -0.2) is 9.78 Å². The molecular formula is C6H5NO4S. The minimum Gasteiger partial charge on any atom is -0.481 e. The molecule has 12 heavy (non-hydrogen) atoms. The van der Waals surface area contributed by atoms with Crippen LogP contribution in [0.4, 0.5) is 0 Å². The highest BCUT2D eigenvalue weighted by Crippen LogP contribution is 2.09. The number of hydrogen-bond acceptors (Lipinski definition) is 4. The highest BCUT2D eigenvalue weighted by molar-refractivity contribution is 7.11. The van der Waals surface area contributed by atoms with Gasteiger partial charge >= 0.3 is 11.9 Å². The number of aromatic nitrogens is 1. The quantitative estimate of drug-likeness (QED) is 0.718. The van der Waals surface area contributed by atoms with Gasteiger partial charge in [-0.2, -0.15) is 0 Å². The van der Waals surface area contributed by atoms with Crippen molar-refractivity contribution in [1.29, 1.82) is 0 Å². The van der Waals surface area contributed by atoms with E-state index in [2.05, 4.69) is 4.98 Å². The Hall–Kier alpha value is -1.43. The second-order valence-corrected chi connectivity index (χ2v) is 2.88. The van der Waals surface area contributed by atoms with E-state index in [0.29, 0.717) is 0 Å². The molecule has 1 rings (SSSR count). The van der Waals surface area contributed by atoms with Crippen LogP contribution in [0.3, 0.4) is 0 Å². The summed E-state index contributed by atoms with van der Waals surface area (Å²) in [5, 5.41) is 18.1. The molecule has 1 heterocycles. The predicted molar refractivity (Wildman–Crippen MR) is 40.4 cm³/mol. The van der Waals surface area contributed by atoms with Gasteiger partial charge in [0.15, 0.2) is 0 Å². The van der Waals surface area contributed by atoms with E-state index in [-0.39, 0.29) is 17.1 Å². The van der Waals surface area contributed by atoms with Crippen molar-refractivity contribution in [3.05, 3.63) is 16.1 Å². The topological polar surface area (TPSA) is 87.5 Å². The fraction of sp³-hybridized carbons (Fsp3) is 0.167. The number of carboxylic acids is 2. The van der Waals surface area contributed by atoms with E-state index in [1.807, 2.05) is 0 Å². The summed E-state index contributed by atoms with van der Waals surface area (Å²) in [7, 11) is 0. The summed E-state index contributed by atoms with van der Waals surface area (Å²) in [6.45, 7) is 0. The molecule has 0 aliphatic rings. The zero-order valence-electron chi connectivity index (χ0n) is 5.85. The van der Waals surface area contributed by atoms with Crippen molar-refractivity contribution in [2.24, 2.45) is 0 Å². The molecule has 0 amide bonds. The summed E-state index contributed by atoms with van der Waals surface area (Å²) in [4.78, 5) is 24.1. The van der Waals surface area contributed by atoms with Crippen molar-refractivity contribution < 1.29 is 19.8 Å². The van der Waals surface area contributed by atoms with E-state index in [0.717, 1.165) is 11.3 Å². The van der Waals surface area contributed by atoms with Crippen LogP contribution in [-0.4, -0.2) is 27.1 Å². The van der Waals surface area contributed by atoms with Gasteiger partial charge in [-0.3, -0.25) is 4.79 Å². The lowest BCUT2D eigenvalue weighted by molar-refractivity contribution is -0.136. The lowest BCUT2D eigenvalue weighted by Crippen LogP contribution is -2.01. The Bertz CT molecular complexity index is 319. The Morgan fingerprint density at radius 1 is 1.50 bits per heavy atom. The summed E-state index contributed by atoms with van der Waals surface area (Å²) in [5.41, 5.74) is 0.282. The molecule has 2 N–H and O–H groups in total. The number of rotatable bonds is 3. The molecule has 0 aromatic carbocycles. The predicted octanol–water partition coefficient (Wildman–Crippen LogP) is 0.468. The van der Waals surface area contributed by atoms with E-state index in [1.165, 1.54) is 5.38 Å². The van der Waals surface area contributed by atoms with Crippen LogP contribution in [0.2, 0.25) is 0 Å². The highest BCUT2D eigenvalue weighted by atomic mass is 32.1. The first-order valence-corrected chi connectivity index (χ1v) is 3.87. The fourth-order valence-electron chi connectivity index (χ4n) is 0.641. The number of thiazole rings is 1. The second-order valence-electron chi connectivity index (χ2n) is 2.02. The zero-order chi connectivity index (χ0) is 9.14. The van der Waals surface area contributed by atoms with Gasteiger partial charge in [0, 0.05) is 5.38 Å². The summed E-state index contributed by atoms with van der Waals surface area (Å²) in [6, 6.07) is 0. The Morgan fingerprint density at radius 2 is 2.17 bits per heavy atom. The van der Waals surface area contributed by atoms with Gasteiger partial charge in [-0.15, -0.1) is 11.3 Å². The molecule has 1 aromatic heterocycles. The Labute approximate surface area is 71.3 Å². The molecule has 5 nitrogen and oxygen atoms in total. The van der Waals surface area contributed by atoms with Gasteiger partial charge < -0.3 is 10.2 Å². The number of aromatic carboxylic acids is 1. The molecule has 0 atom stereocenters. The lowest BCUT2D eigenvalue weighted by atomic mass is 10.3. The van der Waals surface area contributed by atoms with Crippen LogP contribution in [0.25, 0.3) is 0 Å². The summed E-state index contributed by atoms with van der Waals surface area (Å²) in [5.74, 6) is -2.14. The third-order valence-electron chi connectivity index (χ3n) is 1.07. The van der Waals surface area contributed by atoms with Gasteiger partial charge in [0.1, 0.15) is 0 Å². The van der Waals surface area contributed by atoms with Crippen LogP contribution >= 0.6 is 11.3 Å². The molecular weight excluding hydrogens is 182 g/mol. The van der Waals surface area contributed by atoms with Gasteiger partial charge in [0.25, 0.3) is 0 Å². The van der Waals surface area contributed by atoms with Crippen LogP contribution in [0.5, 0.6) is 0 Å². The Morgan fingerprint density at radius 3 is 2.58 bits per heavy atom. The van der Waals surface area contributed by atoms with Crippen molar-refractivity contribution >= 4 is 23.3 Å². The van der Waals surface area contributed by atoms with Crippen molar-refractivity contribution in [1.82, 2.24) is 4.98 Å². The van der Waals surface area contributed by atoms with Gasteiger partial charge in [-0.05, 0) is 0 Å². The summed E-state index contributed by atoms with van der Waals surface area (Å²) >= 11 is 0.926. The third-order valence-corrected chi connectivity index (χ3v) is 1.95. The molecule has 0 unspecified atom stereocenters. The maximum absolute atomic E-state index is 10.3. The average molecular weight is 187 g/mol. The summed E-state index contributed by atoms with van der Waals surface area (Å²) in [6.07, 6.45) is -0.232. The molecule has 0 bridgehead atoms. The van der Waals surface area contributed by atoms with Gasteiger partial charge in [0.2, 0.25) is 5.01 Å². The first-order valence-electron chi connectivity index (χ1n) is 2.99. The number of carbonyl (C=O) groups is 2. The molecule has 0 saturated carbocycles. The van der Waals surface area contributed by atoms with Gasteiger partial charge in [-0.1, -0.05) is 0 Å². The van der Waals surface area contributed by atoms with E-state index < -0.39 is 11.9 Å². The third kappa shape index (κ3) is 2.03. The first-order chi connectivity index (χ1) is 5.59. The lowest BCUT2D eigenvalue weighted by Gasteiger charge is -1.86. The second kappa shape index (κ2) is 3.31. The van der Waals surface area contributed by atoms with Crippen LogP contribution in [0.15, 0.2) is 5.38 Å². The fourth-order valence-corrected chi connectivity index (χ4v) is 1.30. The van der Waals surface area contributed by atoms with Crippen molar-refractivity contribution in [2.75, 3.05) is 0 Å². The SMILES string of the molecule is O=C(O)Cc1csc(C(=O)O)n1. The highest BCUT2D eigenvalue weighted by Gasteiger charge is 2.10. The zero-order valence-corrected chi connectivity index (χ0v) is 6.67. The average Bonchev–Trinajstić information content (AvgIpc) is 2.34. The molecule has 0 spiro atoms. The smallest absolute Gasteiger partial charge is 0.365 e. The molecule has 0 aliphatic carbocycles. The largest absolute Gasteiger partial charge is 0.481 e. The Balaban J connectivity index is 2.77. The molecule has 0 fully saturated rings. The monoisotopic (exact) mass is 187 g/mol. The first kappa shape index (κ1) is 8.66. The van der Waals surface area contributed by atoms with Crippen molar-refractivity contribution in [3.8, 4) is 0 Å². The Kier molecular flexibility index (Phi) is 2.39. The molecule has 1 aromatic rings. The maximum Gasteiger partial charge on any atom is 0.365 e. The van der Waals surface area contributed by atoms with E-state index in [9.17, 15) is 9.59 Å². The summed E-state index contributed by atoms with van der Waals surface area (Å²) < 4.78 is 0. The maximum atomic E-state index is 10.3. The number of nitrogens with zero attached hydrogens (tertiary/aromatic N) is 1. The molecule has 6 heteroatoms. The van der Waals surface area contributed by atoms with Gasteiger partial charge in [0.05, 0.1) is 12.1 Å².